The second-order valence-corrected chi connectivity index (χ2v) is 3.40. The average Bonchev–Trinajstić information content (AvgIpc) is 2.54. The van der Waals surface area contributed by atoms with E-state index in [1.54, 1.807) is 0 Å². The van der Waals surface area contributed by atoms with Crippen LogP contribution in [0.25, 0.3) is 0 Å². The van der Waals surface area contributed by atoms with Gasteiger partial charge in [0.15, 0.2) is 0 Å². The van der Waals surface area contributed by atoms with Gasteiger partial charge in [-0.15, -0.1) is 0 Å². The van der Waals surface area contributed by atoms with Crippen molar-refractivity contribution < 1.29 is 9.15 Å². The summed E-state index contributed by atoms with van der Waals surface area (Å²) in [6.45, 7) is 6.00. The molecule has 0 aliphatic carbocycles. The predicted octanol–water partition coefficient (Wildman–Crippen LogP) is 2.36. The lowest BCUT2D eigenvalue weighted by Crippen LogP contribution is -1.95. The zero-order valence-electron chi connectivity index (χ0n) is 9.01. The highest BCUT2D eigenvalue weighted by molar-refractivity contribution is 5.19. The maximum atomic E-state index is 5.50. The van der Waals surface area contributed by atoms with Crippen LogP contribution in [0.5, 0.6) is 0 Å². The van der Waals surface area contributed by atoms with Crippen LogP contribution in [-0.2, 0) is 17.9 Å². The SMILES string of the molecule is CCCCOCc1cc(CN)oc1C. The van der Waals surface area contributed by atoms with Crippen LogP contribution in [0.2, 0.25) is 0 Å². The summed E-state index contributed by atoms with van der Waals surface area (Å²) in [4.78, 5) is 0. The molecule has 3 heteroatoms. The fourth-order valence-electron chi connectivity index (χ4n) is 1.26. The first-order chi connectivity index (χ1) is 6.77. The molecule has 0 aliphatic heterocycles. The van der Waals surface area contributed by atoms with Gasteiger partial charge in [0.1, 0.15) is 11.5 Å². The lowest BCUT2D eigenvalue weighted by Gasteiger charge is -2.00. The number of aryl methyl sites for hydroxylation is 1. The van der Waals surface area contributed by atoms with E-state index in [1.165, 1.54) is 6.42 Å². The first kappa shape index (κ1) is 11.3. The minimum absolute atomic E-state index is 0.454. The highest BCUT2D eigenvalue weighted by Gasteiger charge is 2.05. The van der Waals surface area contributed by atoms with Crippen LogP contribution in [-0.4, -0.2) is 6.61 Å². The summed E-state index contributed by atoms with van der Waals surface area (Å²) >= 11 is 0. The Morgan fingerprint density at radius 2 is 2.29 bits per heavy atom. The number of hydrogen-bond acceptors (Lipinski definition) is 3. The topological polar surface area (TPSA) is 48.4 Å². The third-order valence-corrected chi connectivity index (χ3v) is 2.17. The Hall–Kier alpha value is -0.800. The summed E-state index contributed by atoms with van der Waals surface area (Å²) in [6.07, 6.45) is 2.28. The van der Waals surface area contributed by atoms with Crippen LogP contribution in [0.15, 0.2) is 10.5 Å². The second kappa shape index (κ2) is 5.83. The largest absolute Gasteiger partial charge is 0.465 e. The van der Waals surface area contributed by atoms with Crippen molar-refractivity contribution in [2.24, 2.45) is 5.73 Å². The molecule has 1 aromatic heterocycles. The summed E-state index contributed by atoms with van der Waals surface area (Å²) in [7, 11) is 0. The smallest absolute Gasteiger partial charge is 0.118 e. The van der Waals surface area contributed by atoms with Crippen molar-refractivity contribution in [3.8, 4) is 0 Å². The van der Waals surface area contributed by atoms with Gasteiger partial charge < -0.3 is 14.9 Å². The van der Waals surface area contributed by atoms with Gasteiger partial charge in [-0.3, -0.25) is 0 Å². The molecule has 0 unspecified atom stereocenters. The van der Waals surface area contributed by atoms with E-state index in [4.69, 9.17) is 14.9 Å². The maximum absolute atomic E-state index is 5.50. The Balaban J connectivity index is 2.38. The number of hydrogen-bond donors (Lipinski definition) is 1. The molecule has 0 aromatic carbocycles. The van der Waals surface area contributed by atoms with E-state index in [9.17, 15) is 0 Å². The molecule has 0 radical (unpaired) electrons. The number of furan rings is 1. The molecule has 1 aromatic rings. The Kier molecular flexibility index (Phi) is 4.70. The monoisotopic (exact) mass is 197 g/mol. The van der Waals surface area contributed by atoms with Gasteiger partial charge >= 0.3 is 0 Å². The van der Waals surface area contributed by atoms with E-state index < -0.39 is 0 Å². The molecule has 0 aliphatic rings. The van der Waals surface area contributed by atoms with Gasteiger partial charge in [-0.1, -0.05) is 13.3 Å². The van der Waals surface area contributed by atoms with E-state index in [-0.39, 0.29) is 0 Å². The van der Waals surface area contributed by atoms with Crippen molar-refractivity contribution >= 4 is 0 Å². The molecule has 0 atom stereocenters. The number of nitrogens with two attached hydrogens (primary N) is 1. The van der Waals surface area contributed by atoms with Crippen molar-refractivity contribution in [1.29, 1.82) is 0 Å². The first-order valence-corrected chi connectivity index (χ1v) is 5.14. The highest BCUT2D eigenvalue weighted by atomic mass is 16.5. The summed E-state index contributed by atoms with van der Waals surface area (Å²) in [5.41, 5.74) is 6.59. The number of unbranched alkanes of at least 4 members (excludes halogenated alkanes) is 1. The van der Waals surface area contributed by atoms with Crippen molar-refractivity contribution in [2.75, 3.05) is 6.61 Å². The van der Waals surface area contributed by atoms with E-state index in [0.29, 0.717) is 13.2 Å². The van der Waals surface area contributed by atoms with Gasteiger partial charge in [-0.2, -0.15) is 0 Å². The normalized spacial score (nSPS) is 10.8. The third kappa shape index (κ3) is 3.16. The molecule has 3 nitrogen and oxygen atoms in total. The average molecular weight is 197 g/mol. The van der Waals surface area contributed by atoms with Gasteiger partial charge in [-0.05, 0) is 19.4 Å². The standard InChI is InChI=1S/C11H19NO2/c1-3-4-5-13-8-10-6-11(7-12)14-9(10)2/h6H,3-5,7-8,12H2,1-2H3. The Morgan fingerprint density at radius 3 is 2.86 bits per heavy atom. The van der Waals surface area contributed by atoms with Gasteiger partial charge in [0, 0.05) is 12.2 Å². The summed E-state index contributed by atoms with van der Waals surface area (Å²) in [5.74, 6) is 1.75. The van der Waals surface area contributed by atoms with Crippen LogP contribution in [0.1, 0.15) is 36.8 Å². The molecule has 0 bridgehead atoms. The fraction of sp³-hybridized carbons (Fsp3) is 0.636. The van der Waals surface area contributed by atoms with Gasteiger partial charge in [0.25, 0.3) is 0 Å². The van der Waals surface area contributed by atoms with Gasteiger partial charge in [0.2, 0.25) is 0 Å². The molecular formula is C11H19NO2. The number of rotatable bonds is 6. The van der Waals surface area contributed by atoms with Crippen LogP contribution in [0.4, 0.5) is 0 Å². The highest BCUT2D eigenvalue weighted by Crippen LogP contribution is 2.15. The maximum Gasteiger partial charge on any atom is 0.118 e. The first-order valence-electron chi connectivity index (χ1n) is 5.14. The van der Waals surface area contributed by atoms with Crippen molar-refractivity contribution in [1.82, 2.24) is 0 Å². The Labute approximate surface area is 85.2 Å². The minimum atomic E-state index is 0.454. The molecule has 14 heavy (non-hydrogen) atoms. The van der Waals surface area contributed by atoms with Crippen LogP contribution >= 0.6 is 0 Å². The van der Waals surface area contributed by atoms with Crippen LogP contribution in [0, 0.1) is 6.92 Å². The fourth-order valence-corrected chi connectivity index (χ4v) is 1.26. The van der Waals surface area contributed by atoms with Crippen molar-refractivity contribution in [3.63, 3.8) is 0 Å². The van der Waals surface area contributed by atoms with Gasteiger partial charge in [0.05, 0.1) is 13.2 Å². The van der Waals surface area contributed by atoms with Crippen molar-refractivity contribution in [3.05, 3.63) is 23.2 Å². The minimum Gasteiger partial charge on any atom is -0.465 e. The Morgan fingerprint density at radius 1 is 1.50 bits per heavy atom. The van der Waals surface area contributed by atoms with Crippen molar-refractivity contribution in [2.45, 2.75) is 39.8 Å². The molecule has 1 heterocycles. The number of ether oxygens (including phenoxy) is 1. The molecule has 0 fully saturated rings. The lowest BCUT2D eigenvalue weighted by molar-refractivity contribution is 0.117. The van der Waals surface area contributed by atoms with E-state index in [0.717, 1.165) is 30.1 Å². The molecule has 2 N–H and O–H groups in total. The molecule has 0 amide bonds. The Bertz CT molecular complexity index is 268. The predicted molar refractivity (Wildman–Crippen MR) is 55.9 cm³/mol. The molecule has 80 valence electrons. The van der Waals surface area contributed by atoms with E-state index in [1.807, 2.05) is 13.0 Å². The molecule has 1 rings (SSSR count). The molecule has 0 spiro atoms. The second-order valence-electron chi connectivity index (χ2n) is 3.40. The van der Waals surface area contributed by atoms with E-state index in [2.05, 4.69) is 6.92 Å². The van der Waals surface area contributed by atoms with Crippen LogP contribution in [0.3, 0.4) is 0 Å². The summed E-state index contributed by atoms with van der Waals surface area (Å²) in [6, 6.07) is 1.97. The lowest BCUT2D eigenvalue weighted by atomic mass is 10.2. The third-order valence-electron chi connectivity index (χ3n) is 2.17. The zero-order chi connectivity index (χ0) is 10.4. The molecule has 0 saturated heterocycles. The summed E-state index contributed by atoms with van der Waals surface area (Å²) in [5, 5.41) is 0. The molecule has 0 saturated carbocycles. The van der Waals surface area contributed by atoms with E-state index >= 15 is 0 Å². The zero-order valence-corrected chi connectivity index (χ0v) is 9.01. The molecular weight excluding hydrogens is 178 g/mol. The summed E-state index contributed by atoms with van der Waals surface area (Å²) < 4.78 is 10.9. The quantitative estimate of drug-likeness (QED) is 0.712. The van der Waals surface area contributed by atoms with Gasteiger partial charge in [-0.25, -0.2) is 0 Å². The van der Waals surface area contributed by atoms with Crippen LogP contribution < -0.4 is 5.73 Å².